The predicted octanol–water partition coefficient (Wildman–Crippen LogP) is 2.76. The van der Waals surface area contributed by atoms with E-state index in [1.165, 1.54) is 5.56 Å². The van der Waals surface area contributed by atoms with Crippen LogP contribution in [0.5, 0.6) is 0 Å². The van der Waals surface area contributed by atoms with Gasteiger partial charge >= 0.3 is 0 Å². The van der Waals surface area contributed by atoms with Crippen LogP contribution in [0.15, 0.2) is 49.1 Å². The number of thiocarbonyl (C=S) groups is 1. The van der Waals surface area contributed by atoms with Crippen molar-refractivity contribution >= 4 is 23.2 Å². The molecule has 1 aromatic carbocycles. The first kappa shape index (κ1) is 17.4. The largest absolute Gasteiger partial charge is 0.466 e. The average Bonchev–Trinajstić information content (AvgIpc) is 3.29. The third-order valence-electron chi connectivity index (χ3n) is 5.56. The van der Waals surface area contributed by atoms with E-state index < -0.39 is 0 Å². The summed E-state index contributed by atoms with van der Waals surface area (Å²) in [6.07, 6.45) is 5.65. The Hall–Kier alpha value is -2.05. The van der Waals surface area contributed by atoms with Gasteiger partial charge in [-0.2, -0.15) is 0 Å². The number of hydrogen-bond donors (Lipinski definition) is 0. The highest BCUT2D eigenvalue weighted by atomic mass is 32.1. The van der Waals surface area contributed by atoms with Crippen LogP contribution in [0.3, 0.4) is 0 Å². The highest BCUT2D eigenvalue weighted by molar-refractivity contribution is 7.80. The summed E-state index contributed by atoms with van der Waals surface area (Å²) < 4.78 is 7.90. The lowest BCUT2D eigenvalue weighted by Crippen LogP contribution is -2.45. The molecule has 4 atom stereocenters. The minimum absolute atomic E-state index is 0.0339. The van der Waals surface area contributed by atoms with Crippen molar-refractivity contribution in [2.75, 3.05) is 13.1 Å². The third-order valence-corrected chi connectivity index (χ3v) is 5.87. The lowest BCUT2D eigenvalue weighted by atomic mass is 9.73. The van der Waals surface area contributed by atoms with Crippen LogP contribution < -0.4 is 0 Å². The zero-order valence-electron chi connectivity index (χ0n) is 14.8. The van der Waals surface area contributed by atoms with Crippen LogP contribution >= 0.6 is 12.2 Å². The first-order chi connectivity index (χ1) is 12.6. The molecule has 6 heteroatoms. The molecule has 0 N–H and O–H groups in total. The summed E-state index contributed by atoms with van der Waals surface area (Å²) >= 11 is 5.43. The second kappa shape index (κ2) is 7.29. The van der Waals surface area contributed by atoms with E-state index in [9.17, 15) is 4.79 Å². The van der Waals surface area contributed by atoms with Crippen molar-refractivity contribution in [2.24, 2.45) is 17.8 Å². The number of fused-ring (bicyclic) bond motifs is 1. The van der Waals surface area contributed by atoms with E-state index in [-0.39, 0.29) is 23.9 Å². The number of hydrogen-bond acceptors (Lipinski definition) is 5. The third kappa shape index (κ3) is 3.44. The maximum atomic E-state index is 12.6. The van der Waals surface area contributed by atoms with Gasteiger partial charge in [-0.25, -0.2) is 4.98 Å². The number of carbonyl (C=O) groups excluding carboxylic acids is 1. The van der Waals surface area contributed by atoms with E-state index in [0.29, 0.717) is 17.4 Å². The first-order valence-corrected chi connectivity index (χ1v) is 9.50. The van der Waals surface area contributed by atoms with Crippen LogP contribution in [0, 0.1) is 17.8 Å². The molecule has 1 aromatic heterocycles. The molecule has 26 heavy (non-hydrogen) atoms. The lowest BCUT2D eigenvalue weighted by Gasteiger charge is -2.36. The molecule has 1 saturated carbocycles. The topological polar surface area (TPSA) is 47.4 Å². The van der Waals surface area contributed by atoms with Gasteiger partial charge < -0.3 is 4.74 Å². The van der Waals surface area contributed by atoms with Crippen molar-refractivity contribution in [1.29, 1.82) is 0 Å². The normalized spacial score (nSPS) is 28.7. The van der Waals surface area contributed by atoms with Crippen LogP contribution in [-0.4, -0.2) is 44.6 Å². The van der Waals surface area contributed by atoms with E-state index in [1.807, 2.05) is 6.07 Å². The quantitative estimate of drug-likeness (QED) is 0.779. The van der Waals surface area contributed by atoms with Crippen LogP contribution in [0.2, 0.25) is 0 Å². The lowest BCUT2D eigenvalue weighted by molar-refractivity contribution is -0.131. The molecule has 2 aliphatic rings. The summed E-state index contributed by atoms with van der Waals surface area (Å²) in [7, 11) is 0. The van der Waals surface area contributed by atoms with Gasteiger partial charge in [0.1, 0.15) is 18.2 Å². The van der Waals surface area contributed by atoms with E-state index in [1.54, 1.807) is 23.3 Å². The van der Waals surface area contributed by atoms with Crippen molar-refractivity contribution in [1.82, 2.24) is 14.5 Å². The molecular formula is C20H23N3O2S. The Morgan fingerprint density at radius 1 is 1.31 bits per heavy atom. The van der Waals surface area contributed by atoms with E-state index in [0.717, 1.165) is 19.6 Å². The second-order valence-electron chi connectivity index (χ2n) is 7.42. The Labute approximate surface area is 159 Å². The molecule has 1 aliphatic heterocycles. The number of benzene rings is 1. The number of ketones is 1. The number of carbonyl (C=O) groups is 1. The standard InChI is InChI=1S/C20H23N3O2S/c1-14-9-18(24)16-11-22(10-15-5-3-2-4-6-15)12-17(16)19(14)25-20(26)23-8-7-21-13-23/h2-8,13-14,16-17,19H,9-12H2,1H3/t14-,16+,17-,19-/m0/s1. The Morgan fingerprint density at radius 2 is 2.12 bits per heavy atom. The fourth-order valence-corrected chi connectivity index (χ4v) is 4.53. The minimum Gasteiger partial charge on any atom is -0.466 e. The smallest absolute Gasteiger partial charge is 0.269 e. The van der Waals surface area contributed by atoms with Crippen molar-refractivity contribution in [3.63, 3.8) is 0 Å². The highest BCUT2D eigenvalue weighted by Crippen LogP contribution is 2.39. The Kier molecular flexibility index (Phi) is 4.87. The number of ether oxygens (including phenoxy) is 1. The minimum atomic E-state index is -0.0339. The molecule has 0 spiro atoms. The number of nitrogens with zero attached hydrogens (tertiary/aromatic N) is 3. The van der Waals surface area contributed by atoms with Crippen molar-refractivity contribution < 1.29 is 9.53 Å². The number of imidazole rings is 1. The van der Waals surface area contributed by atoms with E-state index in [2.05, 4.69) is 41.1 Å². The molecule has 2 fully saturated rings. The van der Waals surface area contributed by atoms with Gasteiger partial charge in [0.15, 0.2) is 0 Å². The summed E-state index contributed by atoms with van der Waals surface area (Å²) in [4.78, 5) is 19.0. The monoisotopic (exact) mass is 369 g/mol. The summed E-state index contributed by atoms with van der Waals surface area (Å²) in [5, 5.41) is 0.411. The number of rotatable bonds is 3. The highest BCUT2D eigenvalue weighted by Gasteiger charge is 2.48. The van der Waals surface area contributed by atoms with Crippen LogP contribution in [0.25, 0.3) is 0 Å². The fraction of sp³-hybridized carbons (Fsp3) is 0.450. The van der Waals surface area contributed by atoms with Crippen LogP contribution in [-0.2, 0) is 16.1 Å². The van der Waals surface area contributed by atoms with Crippen molar-refractivity contribution in [3.05, 3.63) is 54.6 Å². The van der Waals surface area contributed by atoms with Gasteiger partial charge in [0.2, 0.25) is 0 Å². The van der Waals surface area contributed by atoms with Gasteiger partial charge in [-0.05, 0) is 17.8 Å². The van der Waals surface area contributed by atoms with Crippen LogP contribution in [0.4, 0.5) is 0 Å². The van der Waals surface area contributed by atoms with Gasteiger partial charge in [0.25, 0.3) is 5.17 Å². The van der Waals surface area contributed by atoms with Gasteiger partial charge in [-0.15, -0.1) is 0 Å². The molecule has 1 saturated heterocycles. The molecule has 1 aliphatic carbocycles. The number of aromatic nitrogens is 2. The Morgan fingerprint density at radius 3 is 2.85 bits per heavy atom. The number of Topliss-reactive ketones (excluding diaryl/α,β-unsaturated/α-hetero) is 1. The number of likely N-dealkylation sites (tertiary alicyclic amines) is 1. The molecule has 5 nitrogen and oxygen atoms in total. The van der Waals surface area contributed by atoms with Crippen LogP contribution in [0.1, 0.15) is 18.9 Å². The molecule has 0 bridgehead atoms. The SMILES string of the molecule is C[C@H]1CC(=O)[C@@H]2CN(Cc3ccccc3)C[C@@H]2[C@H]1OC(=S)n1ccnc1. The molecule has 2 aromatic rings. The molecule has 0 radical (unpaired) electrons. The van der Waals surface area contributed by atoms with Gasteiger partial charge in [0.05, 0.1) is 0 Å². The summed E-state index contributed by atoms with van der Waals surface area (Å²) in [5.41, 5.74) is 1.28. The Bertz CT molecular complexity index is 778. The molecule has 4 rings (SSSR count). The predicted molar refractivity (Wildman–Crippen MR) is 103 cm³/mol. The average molecular weight is 369 g/mol. The first-order valence-electron chi connectivity index (χ1n) is 9.10. The molecule has 0 amide bonds. The zero-order valence-corrected chi connectivity index (χ0v) is 15.6. The maximum Gasteiger partial charge on any atom is 0.269 e. The van der Waals surface area contributed by atoms with Crippen molar-refractivity contribution in [3.8, 4) is 0 Å². The van der Waals surface area contributed by atoms with Gasteiger partial charge in [0, 0.05) is 56.2 Å². The zero-order chi connectivity index (χ0) is 18.1. The summed E-state index contributed by atoms with van der Waals surface area (Å²) in [6, 6.07) is 10.4. The second-order valence-corrected chi connectivity index (χ2v) is 7.77. The van der Waals surface area contributed by atoms with E-state index in [4.69, 9.17) is 17.0 Å². The van der Waals surface area contributed by atoms with Gasteiger partial charge in [-0.3, -0.25) is 14.3 Å². The Balaban J connectivity index is 1.49. The van der Waals surface area contributed by atoms with Gasteiger partial charge in [-0.1, -0.05) is 37.3 Å². The summed E-state index contributed by atoms with van der Waals surface area (Å²) in [5.74, 6) is 0.773. The van der Waals surface area contributed by atoms with E-state index >= 15 is 0 Å². The fourth-order valence-electron chi connectivity index (χ4n) is 4.31. The van der Waals surface area contributed by atoms with Crippen molar-refractivity contribution in [2.45, 2.75) is 26.0 Å². The molecule has 2 heterocycles. The maximum absolute atomic E-state index is 12.6. The molecule has 136 valence electrons. The molecular weight excluding hydrogens is 346 g/mol. The molecule has 0 unspecified atom stereocenters. The summed E-state index contributed by atoms with van der Waals surface area (Å²) in [6.45, 7) is 4.64.